The number of likely N-dealkylation sites (tertiary alicyclic amines) is 1. The molecule has 6 heteroatoms. The topological polar surface area (TPSA) is 66.5 Å². The normalized spacial score (nSPS) is 36.1. The summed E-state index contributed by atoms with van der Waals surface area (Å²) >= 11 is 0. The number of anilines is 1. The fourth-order valence-electron chi connectivity index (χ4n) is 5.66. The third-order valence-electron chi connectivity index (χ3n) is 7.05. The van der Waals surface area contributed by atoms with Gasteiger partial charge in [-0.25, -0.2) is 4.39 Å². The lowest BCUT2D eigenvalue weighted by Gasteiger charge is -2.33. The van der Waals surface area contributed by atoms with Gasteiger partial charge in [-0.1, -0.05) is 12.2 Å². The number of rotatable bonds is 3. The Morgan fingerprint density at radius 1 is 0.929 bits per heavy atom. The first kappa shape index (κ1) is 17.6. The van der Waals surface area contributed by atoms with E-state index in [0.29, 0.717) is 31.4 Å². The van der Waals surface area contributed by atoms with Crippen molar-refractivity contribution in [3.8, 4) is 0 Å². The molecule has 2 saturated carbocycles. The predicted octanol–water partition coefficient (Wildman–Crippen LogP) is 3.13. The highest BCUT2D eigenvalue weighted by atomic mass is 19.1. The monoisotopic (exact) mass is 382 g/mol. The van der Waals surface area contributed by atoms with Crippen LogP contribution in [0.3, 0.4) is 0 Å². The van der Waals surface area contributed by atoms with Crippen molar-refractivity contribution in [2.45, 2.75) is 38.1 Å². The van der Waals surface area contributed by atoms with E-state index >= 15 is 0 Å². The van der Waals surface area contributed by atoms with Crippen LogP contribution >= 0.6 is 0 Å². The van der Waals surface area contributed by atoms with Gasteiger partial charge in [0.15, 0.2) is 0 Å². The summed E-state index contributed by atoms with van der Waals surface area (Å²) in [6, 6.07) is 5.63. The second-order valence-corrected chi connectivity index (χ2v) is 8.55. The Hall–Kier alpha value is -2.50. The average Bonchev–Trinajstić information content (AvgIpc) is 3.38. The molecule has 3 amide bonds. The van der Waals surface area contributed by atoms with Gasteiger partial charge in [-0.3, -0.25) is 19.3 Å². The van der Waals surface area contributed by atoms with Crippen LogP contribution in [0.1, 0.15) is 32.1 Å². The van der Waals surface area contributed by atoms with Crippen LogP contribution < -0.4 is 5.32 Å². The van der Waals surface area contributed by atoms with E-state index in [9.17, 15) is 18.8 Å². The molecule has 1 heterocycles. The third kappa shape index (κ3) is 2.69. The molecule has 0 spiro atoms. The largest absolute Gasteiger partial charge is 0.326 e. The molecule has 4 atom stereocenters. The van der Waals surface area contributed by atoms with Gasteiger partial charge in [-0.15, -0.1) is 0 Å². The van der Waals surface area contributed by atoms with Crippen LogP contribution in [-0.2, 0) is 14.4 Å². The number of allylic oxidation sites excluding steroid dienone is 2. The number of carbonyl (C=O) groups excluding carboxylic acids is 3. The van der Waals surface area contributed by atoms with Gasteiger partial charge in [-0.2, -0.15) is 0 Å². The van der Waals surface area contributed by atoms with Crippen molar-refractivity contribution >= 4 is 23.4 Å². The van der Waals surface area contributed by atoms with E-state index in [1.165, 1.54) is 17.0 Å². The van der Waals surface area contributed by atoms with Crippen LogP contribution in [0, 0.1) is 35.4 Å². The van der Waals surface area contributed by atoms with Gasteiger partial charge in [0.25, 0.3) is 0 Å². The Morgan fingerprint density at radius 2 is 1.50 bits per heavy atom. The fourth-order valence-corrected chi connectivity index (χ4v) is 5.66. The van der Waals surface area contributed by atoms with Crippen molar-refractivity contribution in [3.05, 3.63) is 42.2 Å². The van der Waals surface area contributed by atoms with Gasteiger partial charge in [0.1, 0.15) is 5.82 Å². The Balaban J connectivity index is 1.21. The first-order valence-corrected chi connectivity index (χ1v) is 10.1. The highest BCUT2D eigenvalue weighted by molar-refractivity contribution is 6.06. The summed E-state index contributed by atoms with van der Waals surface area (Å²) in [4.78, 5) is 39.9. The van der Waals surface area contributed by atoms with Gasteiger partial charge in [0, 0.05) is 17.6 Å². The maximum atomic E-state index is 13.0. The number of benzene rings is 1. The number of halogens is 1. The summed E-state index contributed by atoms with van der Waals surface area (Å²) in [5.74, 6) is -0.397. The lowest BCUT2D eigenvalue weighted by Crippen LogP contribution is -2.44. The van der Waals surface area contributed by atoms with Gasteiger partial charge in [0.05, 0.1) is 11.8 Å². The zero-order valence-corrected chi connectivity index (χ0v) is 15.5. The van der Waals surface area contributed by atoms with Crippen LogP contribution in [-0.4, -0.2) is 28.7 Å². The van der Waals surface area contributed by atoms with E-state index in [-0.39, 0.29) is 59.2 Å². The standard InChI is InChI=1S/C22H23FN2O3/c23-15-5-7-16(8-6-15)24-20(26)12-3-9-17(10-4-12)25-21(27)18-13-1-2-14(11-13)19(18)22(25)28/h1-2,5-8,12-14,17-19H,3-4,9-11H2,(H,24,26)/t12?,13-,14-,17?,18+,19+/m0/s1. The first-order chi connectivity index (χ1) is 13.5. The van der Waals surface area contributed by atoms with Crippen molar-refractivity contribution in [3.63, 3.8) is 0 Å². The second kappa shape index (κ2) is 6.54. The Bertz CT molecular complexity index is 827. The summed E-state index contributed by atoms with van der Waals surface area (Å²) in [6.07, 6.45) is 7.79. The number of imide groups is 1. The minimum Gasteiger partial charge on any atom is -0.326 e. The van der Waals surface area contributed by atoms with E-state index in [1.54, 1.807) is 12.1 Å². The number of amides is 3. The molecule has 1 aromatic carbocycles. The maximum Gasteiger partial charge on any atom is 0.233 e. The molecular weight excluding hydrogens is 359 g/mol. The number of hydrogen-bond acceptors (Lipinski definition) is 3. The molecule has 0 aromatic heterocycles. The SMILES string of the molecule is O=C(Nc1ccc(F)cc1)C1CCC(N2C(=O)[C@H]3[C@H](C2=O)[C@H]2C=C[C@H]3C2)CC1. The summed E-state index contributed by atoms with van der Waals surface area (Å²) < 4.78 is 13.0. The summed E-state index contributed by atoms with van der Waals surface area (Å²) in [6.45, 7) is 0. The molecule has 3 fully saturated rings. The smallest absolute Gasteiger partial charge is 0.233 e. The zero-order chi connectivity index (χ0) is 19.4. The molecule has 4 aliphatic rings. The Kier molecular flexibility index (Phi) is 4.11. The van der Waals surface area contributed by atoms with Crippen LogP contribution in [0.4, 0.5) is 10.1 Å². The predicted molar refractivity (Wildman–Crippen MR) is 100 cm³/mol. The highest BCUT2D eigenvalue weighted by Gasteiger charge is 2.60. The Labute approximate surface area is 163 Å². The second-order valence-electron chi connectivity index (χ2n) is 8.55. The fraction of sp³-hybridized carbons (Fsp3) is 0.500. The molecule has 5 nitrogen and oxygen atoms in total. The molecule has 146 valence electrons. The molecule has 1 aromatic rings. The van der Waals surface area contributed by atoms with Crippen molar-refractivity contribution in [1.82, 2.24) is 4.90 Å². The first-order valence-electron chi connectivity index (χ1n) is 10.1. The van der Waals surface area contributed by atoms with Crippen molar-refractivity contribution in [2.75, 3.05) is 5.32 Å². The van der Waals surface area contributed by atoms with Crippen LogP contribution in [0.15, 0.2) is 36.4 Å². The lowest BCUT2D eigenvalue weighted by molar-refractivity contribution is -0.144. The molecule has 1 saturated heterocycles. The molecule has 0 radical (unpaired) electrons. The quantitative estimate of drug-likeness (QED) is 0.645. The van der Waals surface area contributed by atoms with E-state index in [0.717, 1.165) is 6.42 Å². The van der Waals surface area contributed by atoms with Gasteiger partial charge in [-0.05, 0) is 68.2 Å². The number of fused-ring (bicyclic) bond motifs is 5. The van der Waals surface area contributed by atoms with Crippen molar-refractivity contribution in [1.29, 1.82) is 0 Å². The number of nitrogens with zero attached hydrogens (tertiary/aromatic N) is 1. The average molecular weight is 382 g/mol. The summed E-state index contributed by atoms with van der Waals surface area (Å²) in [7, 11) is 0. The van der Waals surface area contributed by atoms with Gasteiger partial charge >= 0.3 is 0 Å². The number of hydrogen-bond donors (Lipinski definition) is 1. The molecule has 3 aliphatic carbocycles. The van der Waals surface area contributed by atoms with Gasteiger partial charge in [0.2, 0.25) is 17.7 Å². The molecule has 1 N–H and O–H groups in total. The Morgan fingerprint density at radius 3 is 2.07 bits per heavy atom. The summed E-state index contributed by atoms with van der Waals surface area (Å²) in [5, 5.41) is 2.83. The van der Waals surface area contributed by atoms with Crippen LogP contribution in [0.2, 0.25) is 0 Å². The van der Waals surface area contributed by atoms with E-state index in [4.69, 9.17) is 0 Å². The van der Waals surface area contributed by atoms with Gasteiger partial charge < -0.3 is 5.32 Å². The molecule has 0 unspecified atom stereocenters. The minimum atomic E-state index is -0.341. The minimum absolute atomic E-state index is 0.00561. The molecule has 28 heavy (non-hydrogen) atoms. The van der Waals surface area contributed by atoms with Crippen LogP contribution in [0.5, 0.6) is 0 Å². The number of nitrogens with one attached hydrogen (secondary N) is 1. The molecular formula is C22H23FN2O3. The highest BCUT2D eigenvalue weighted by Crippen LogP contribution is 2.53. The zero-order valence-electron chi connectivity index (χ0n) is 15.5. The third-order valence-corrected chi connectivity index (χ3v) is 7.05. The lowest BCUT2D eigenvalue weighted by atomic mass is 9.84. The maximum absolute atomic E-state index is 13.0. The van der Waals surface area contributed by atoms with Crippen molar-refractivity contribution < 1.29 is 18.8 Å². The van der Waals surface area contributed by atoms with E-state index in [1.807, 2.05) is 0 Å². The number of carbonyl (C=O) groups is 3. The summed E-state index contributed by atoms with van der Waals surface area (Å²) in [5.41, 5.74) is 0.578. The molecule has 2 bridgehead atoms. The van der Waals surface area contributed by atoms with Crippen LogP contribution in [0.25, 0.3) is 0 Å². The van der Waals surface area contributed by atoms with E-state index in [2.05, 4.69) is 17.5 Å². The molecule has 1 aliphatic heterocycles. The van der Waals surface area contributed by atoms with Crippen molar-refractivity contribution in [2.24, 2.45) is 29.6 Å². The molecule has 5 rings (SSSR count). The van der Waals surface area contributed by atoms with E-state index < -0.39 is 0 Å².